The van der Waals surface area contributed by atoms with Crippen LogP contribution in [0.5, 0.6) is 11.5 Å². The summed E-state index contributed by atoms with van der Waals surface area (Å²) in [6, 6.07) is 5.18. The lowest BCUT2D eigenvalue weighted by Crippen LogP contribution is -1.94. The van der Waals surface area contributed by atoms with E-state index in [4.69, 9.17) is 9.47 Å². The first-order valence-electron chi connectivity index (χ1n) is 5.06. The lowest BCUT2D eigenvalue weighted by molar-refractivity contribution is -0.389. The fourth-order valence-electron chi connectivity index (χ4n) is 1.49. The Morgan fingerprint density at radius 3 is 2.28 bits per heavy atom. The normalized spacial score (nSPS) is 10.1. The number of hydrogen-bond acceptors (Lipinski definition) is 5. The van der Waals surface area contributed by atoms with Crippen molar-refractivity contribution in [3.05, 3.63) is 40.8 Å². The van der Waals surface area contributed by atoms with E-state index >= 15 is 0 Å². The molecule has 7 heteroatoms. The van der Waals surface area contributed by atoms with Crippen LogP contribution in [0, 0.1) is 10.1 Å². The van der Waals surface area contributed by atoms with E-state index in [1.807, 2.05) is 0 Å². The zero-order chi connectivity index (χ0) is 13.1. The number of methoxy groups -OCH3 is 2. The minimum atomic E-state index is -0.548. The molecule has 18 heavy (non-hydrogen) atoms. The Morgan fingerprint density at radius 1 is 1.22 bits per heavy atom. The van der Waals surface area contributed by atoms with Crippen LogP contribution in [0.2, 0.25) is 0 Å². The van der Waals surface area contributed by atoms with Crippen molar-refractivity contribution in [2.75, 3.05) is 14.2 Å². The molecule has 1 aromatic heterocycles. The van der Waals surface area contributed by atoms with Gasteiger partial charge in [0.2, 0.25) is 6.33 Å². The third-order valence-corrected chi connectivity index (χ3v) is 2.39. The van der Waals surface area contributed by atoms with Crippen LogP contribution in [0.4, 0.5) is 5.82 Å². The molecule has 0 spiro atoms. The first-order valence-corrected chi connectivity index (χ1v) is 5.06. The molecule has 2 aromatic rings. The van der Waals surface area contributed by atoms with Gasteiger partial charge in [-0.05, 0) is 9.91 Å². The van der Waals surface area contributed by atoms with Gasteiger partial charge in [-0.3, -0.25) is 4.57 Å². The average Bonchev–Trinajstić information content (AvgIpc) is 2.87. The van der Waals surface area contributed by atoms with E-state index in [0.717, 1.165) is 0 Å². The van der Waals surface area contributed by atoms with Gasteiger partial charge in [0.1, 0.15) is 17.7 Å². The Bertz CT molecular complexity index is 557. The van der Waals surface area contributed by atoms with E-state index in [9.17, 15) is 10.1 Å². The highest BCUT2D eigenvalue weighted by Crippen LogP contribution is 2.25. The Hall–Kier alpha value is -2.57. The number of nitrogens with zero attached hydrogens (tertiary/aromatic N) is 3. The smallest absolute Gasteiger partial charge is 0.381 e. The maximum Gasteiger partial charge on any atom is 0.381 e. The minimum Gasteiger partial charge on any atom is -0.497 e. The molecule has 0 aliphatic carbocycles. The van der Waals surface area contributed by atoms with Crippen LogP contribution < -0.4 is 9.47 Å². The molecule has 0 radical (unpaired) electrons. The summed E-state index contributed by atoms with van der Waals surface area (Å²) >= 11 is 0. The van der Waals surface area contributed by atoms with Gasteiger partial charge in [0, 0.05) is 18.2 Å². The fraction of sp³-hybridized carbons (Fsp3) is 0.182. The summed E-state index contributed by atoms with van der Waals surface area (Å²) in [5, 5.41) is 10.6. The van der Waals surface area contributed by atoms with E-state index in [2.05, 4.69) is 4.98 Å². The molecule has 0 fully saturated rings. The van der Waals surface area contributed by atoms with Crippen LogP contribution in [0.15, 0.2) is 30.7 Å². The Morgan fingerprint density at radius 2 is 1.83 bits per heavy atom. The average molecular weight is 249 g/mol. The van der Waals surface area contributed by atoms with Gasteiger partial charge >= 0.3 is 5.82 Å². The standard InChI is InChI=1S/C11H11N3O4/c1-17-9-3-8(4-10(5-9)18-2)13-6-11(12-7-13)14(15)16/h3-7H,1-2H3. The molecule has 0 unspecified atom stereocenters. The molecule has 94 valence electrons. The molecule has 0 aliphatic rings. The summed E-state index contributed by atoms with van der Waals surface area (Å²) < 4.78 is 11.8. The summed E-state index contributed by atoms with van der Waals surface area (Å²) in [4.78, 5) is 13.7. The zero-order valence-electron chi connectivity index (χ0n) is 9.86. The number of imidazole rings is 1. The lowest BCUT2D eigenvalue weighted by Gasteiger charge is -2.07. The molecular formula is C11H11N3O4. The third-order valence-electron chi connectivity index (χ3n) is 2.39. The van der Waals surface area contributed by atoms with Crippen molar-refractivity contribution >= 4 is 5.82 Å². The maximum atomic E-state index is 10.6. The lowest BCUT2D eigenvalue weighted by atomic mass is 10.2. The minimum absolute atomic E-state index is 0.211. The summed E-state index contributed by atoms with van der Waals surface area (Å²) in [6.07, 6.45) is 2.70. The number of hydrogen-bond donors (Lipinski definition) is 0. The van der Waals surface area contributed by atoms with E-state index in [1.165, 1.54) is 31.3 Å². The van der Waals surface area contributed by atoms with E-state index in [-0.39, 0.29) is 5.82 Å². The summed E-state index contributed by atoms with van der Waals surface area (Å²) in [7, 11) is 3.07. The number of nitro groups is 1. The van der Waals surface area contributed by atoms with E-state index in [0.29, 0.717) is 17.2 Å². The quantitative estimate of drug-likeness (QED) is 0.609. The first-order chi connectivity index (χ1) is 8.63. The van der Waals surface area contributed by atoms with Crippen LogP contribution in [0.3, 0.4) is 0 Å². The van der Waals surface area contributed by atoms with Gasteiger partial charge < -0.3 is 19.6 Å². The second-order valence-electron chi connectivity index (χ2n) is 3.47. The van der Waals surface area contributed by atoms with Crippen LogP contribution in [-0.2, 0) is 0 Å². The van der Waals surface area contributed by atoms with Gasteiger partial charge in [-0.15, -0.1) is 0 Å². The van der Waals surface area contributed by atoms with Crippen molar-refractivity contribution in [2.45, 2.75) is 0 Å². The van der Waals surface area contributed by atoms with Crippen molar-refractivity contribution in [1.29, 1.82) is 0 Å². The predicted molar refractivity (Wildman–Crippen MR) is 63.3 cm³/mol. The van der Waals surface area contributed by atoms with Crippen LogP contribution in [-0.4, -0.2) is 28.7 Å². The topological polar surface area (TPSA) is 79.4 Å². The second-order valence-corrected chi connectivity index (χ2v) is 3.47. The molecular weight excluding hydrogens is 238 g/mol. The highest BCUT2D eigenvalue weighted by molar-refractivity contribution is 5.47. The molecule has 0 bridgehead atoms. The molecule has 0 amide bonds. The van der Waals surface area contributed by atoms with Gasteiger partial charge in [-0.1, -0.05) is 0 Å². The van der Waals surface area contributed by atoms with Crippen molar-refractivity contribution < 1.29 is 14.4 Å². The van der Waals surface area contributed by atoms with Crippen molar-refractivity contribution in [3.63, 3.8) is 0 Å². The molecule has 7 nitrogen and oxygen atoms in total. The SMILES string of the molecule is COc1cc(OC)cc(-n2cnc([N+](=O)[O-])c2)c1. The molecule has 0 saturated heterocycles. The highest BCUT2D eigenvalue weighted by Gasteiger charge is 2.12. The van der Waals surface area contributed by atoms with Crippen LogP contribution >= 0.6 is 0 Å². The molecule has 0 aliphatic heterocycles. The molecule has 1 aromatic carbocycles. The Kier molecular flexibility index (Phi) is 3.13. The second kappa shape index (κ2) is 4.74. The number of benzene rings is 1. The zero-order valence-corrected chi connectivity index (χ0v) is 9.86. The maximum absolute atomic E-state index is 10.6. The van der Waals surface area contributed by atoms with Gasteiger partial charge in [0.25, 0.3) is 0 Å². The molecule has 0 saturated carbocycles. The van der Waals surface area contributed by atoms with Crippen LogP contribution in [0.25, 0.3) is 5.69 Å². The molecule has 1 heterocycles. The summed E-state index contributed by atoms with van der Waals surface area (Å²) in [5.41, 5.74) is 0.673. The molecule has 0 atom stereocenters. The van der Waals surface area contributed by atoms with Crippen molar-refractivity contribution in [1.82, 2.24) is 9.55 Å². The third kappa shape index (κ3) is 2.24. The van der Waals surface area contributed by atoms with Crippen LogP contribution in [0.1, 0.15) is 0 Å². The van der Waals surface area contributed by atoms with E-state index < -0.39 is 4.92 Å². The van der Waals surface area contributed by atoms with E-state index in [1.54, 1.807) is 18.2 Å². The highest BCUT2D eigenvalue weighted by atomic mass is 16.6. The number of ether oxygens (including phenoxy) is 2. The summed E-state index contributed by atoms with van der Waals surface area (Å²) in [6.45, 7) is 0. The van der Waals surface area contributed by atoms with Gasteiger partial charge in [0.05, 0.1) is 19.9 Å². The Balaban J connectivity index is 2.45. The van der Waals surface area contributed by atoms with Gasteiger partial charge in [0.15, 0.2) is 0 Å². The molecule has 2 rings (SSSR count). The van der Waals surface area contributed by atoms with Gasteiger partial charge in [-0.25, -0.2) is 0 Å². The Labute approximate surface area is 103 Å². The van der Waals surface area contributed by atoms with Gasteiger partial charge in [-0.2, -0.15) is 0 Å². The number of rotatable bonds is 4. The largest absolute Gasteiger partial charge is 0.497 e. The van der Waals surface area contributed by atoms with Crippen molar-refractivity contribution in [3.8, 4) is 17.2 Å². The summed E-state index contributed by atoms with van der Waals surface area (Å²) in [5.74, 6) is 0.984. The van der Waals surface area contributed by atoms with Crippen molar-refractivity contribution in [2.24, 2.45) is 0 Å². The first kappa shape index (κ1) is 11.9. The molecule has 0 N–H and O–H groups in total. The fourth-order valence-corrected chi connectivity index (χ4v) is 1.49. The number of aromatic nitrogens is 2. The monoisotopic (exact) mass is 249 g/mol. The predicted octanol–water partition coefficient (Wildman–Crippen LogP) is 1.80.